The highest BCUT2D eigenvalue weighted by atomic mass is 32.2. The molecule has 0 spiro atoms. The average molecular weight is 316 g/mol. The van der Waals surface area contributed by atoms with Gasteiger partial charge in [-0.2, -0.15) is 5.10 Å². The number of sulfonamides is 1. The molecule has 0 bridgehead atoms. The lowest BCUT2D eigenvalue weighted by Gasteiger charge is -2.04. The molecule has 0 radical (unpaired) electrons. The molecule has 3 N–H and O–H groups in total. The zero-order valence-corrected chi connectivity index (χ0v) is 12.3. The van der Waals surface area contributed by atoms with E-state index in [1.807, 2.05) is 0 Å². The van der Waals surface area contributed by atoms with Crippen LogP contribution < -0.4 is 10.5 Å². The van der Waals surface area contributed by atoms with Gasteiger partial charge in [-0.3, -0.25) is 4.68 Å². The Morgan fingerprint density at radius 1 is 1.53 bits per heavy atom. The first kappa shape index (κ1) is 14.1. The van der Waals surface area contributed by atoms with Crippen molar-refractivity contribution in [2.24, 2.45) is 5.73 Å². The summed E-state index contributed by atoms with van der Waals surface area (Å²) in [5.74, 6) is 0. The van der Waals surface area contributed by atoms with Crippen LogP contribution in [-0.4, -0.2) is 29.7 Å². The van der Waals surface area contributed by atoms with Crippen molar-refractivity contribution >= 4 is 38.6 Å². The van der Waals surface area contributed by atoms with Gasteiger partial charge >= 0.3 is 0 Å². The lowest BCUT2D eigenvalue weighted by Crippen LogP contribution is -2.27. The van der Waals surface area contributed by atoms with Gasteiger partial charge in [-0.05, 0) is 18.2 Å². The van der Waals surface area contributed by atoms with E-state index in [4.69, 9.17) is 18.0 Å². The van der Waals surface area contributed by atoms with Crippen LogP contribution in [-0.2, 0) is 16.6 Å². The molecule has 102 valence electrons. The summed E-state index contributed by atoms with van der Waals surface area (Å²) < 4.78 is 28.3. The van der Waals surface area contributed by atoms with Crippen LogP contribution in [0.25, 0.3) is 0 Å². The maximum atomic E-state index is 12.0. The van der Waals surface area contributed by atoms with Crippen LogP contribution in [0.2, 0.25) is 0 Å². The number of aromatic nitrogens is 2. The molecule has 0 atom stereocenters. The molecule has 0 fully saturated rings. The van der Waals surface area contributed by atoms with E-state index in [0.717, 1.165) is 11.3 Å². The Morgan fingerprint density at radius 3 is 2.89 bits per heavy atom. The number of hydrogen-bond acceptors (Lipinski definition) is 5. The summed E-state index contributed by atoms with van der Waals surface area (Å²) in [5, 5.41) is 3.99. The van der Waals surface area contributed by atoms with E-state index in [9.17, 15) is 8.42 Å². The summed E-state index contributed by atoms with van der Waals surface area (Å²) >= 11 is 5.86. The van der Waals surface area contributed by atoms with E-state index in [1.165, 1.54) is 6.07 Å². The van der Waals surface area contributed by atoms with E-state index < -0.39 is 10.0 Å². The molecule has 0 unspecified atom stereocenters. The SMILES string of the molecule is NC(=S)c1ccc(S(=O)(=O)NCCn2cccn2)s1. The van der Waals surface area contributed by atoms with Crippen LogP contribution in [0.4, 0.5) is 0 Å². The van der Waals surface area contributed by atoms with Crippen LogP contribution >= 0.6 is 23.6 Å². The molecule has 9 heteroatoms. The molecule has 0 aliphatic rings. The summed E-state index contributed by atoms with van der Waals surface area (Å²) in [4.78, 5) is 0.783. The summed E-state index contributed by atoms with van der Waals surface area (Å²) in [5.41, 5.74) is 5.45. The highest BCUT2D eigenvalue weighted by Crippen LogP contribution is 2.21. The van der Waals surface area contributed by atoms with Gasteiger partial charge in [0.05, 0.1) is 11.4 Å². The van der Waals surface area contributed by atoms with Gasteiger partial charge in [0.15, 0.2) is 0 Å². The summed E-state index contributed by atoms with van der Waals surface area (Å²) in [6.07, 6.45) is 3.41. The van der Waals surface area contributed by atoms with Gasteiger partial charge in [0.25, 0.3) is 0 Å². The van der Waals surface area contributed by atoms with Crippen molar-refractivity contribution in [3.63, 3.8) is 0 Å². The second kappa shape index (κ2) is 5.78. The topological polar surface area (TPSA) is 90.0 Å². The van der Waals surface area contributed by atoms with Gasteiger partial charge in [-0.15, -0.1) is 11.3 Å². The van der Waals surface area contributed by atoms with E-state index in [-0.39, 0.29) is 15.7 Å². The van der Waals surface area contributed by atoms with Crippen molar-refractivity contribution in [1.29, 1.82) is 0 Å². The van der Waals surface area contributed by atoms with E-state index in [2.05, 4.69) is 9.82 Å². The van der Waals surface area contributed by atoms with Gasteiger partial charge in [-0.25, -0.2) is 13.1 Å². The number of thiophene rings is 1. The zero-order chi connectivity index (χ0) is 13.9. The molecule has 2 aromatic heterocycles. The Balaban J connectivity index is 1.99. The standard InChI is InChI=1S/C10H12N4O2S3/c11-10(17)8-2-3-9(18-8)19(15,16)13-5-7-14-6-1-4-12-14/h1-4,6,13H,5,7H2,(H2,11,17). The smallest absolute Gasteiger partial charge is 0.250 e. The van der Waals surface area contributed by atoms with Gasteiger partial charge < -0.3 is 5.73 Å². The summed E-state index contributed by atoms with van der Waals surface area (Å²) in [6.45, 7) is 0.740. The highest BCUT2D eigenvalue weighted by Gasteiger charge is 2.16. The minimum atomic E-state index is -3.51. The highest BCUT2D eigenvalue weighted by molar-refractivity contribution is 7.91. The molecule has 0 saturated heterocycles. The predicted molar refractivity (Wildman–Crippen MR) is 77.6 cm³/mol. The normalized spacial score (nSPS) is 11.6. The number of thiocarbonyl (C=S) groups is 1. The monoisotopic (exact) mass is 316 g/mol. The molecule has 2 rings (SSSR count). The number of rotatable bonds is 6. The third-order valence-electron chi connectivity index (χ3n) is 2.28. The molecular weight excluding hydrogens is 304 g/mol. The molecule has 2 heterocycles. The van der Waals surface area contributed by atoms with Crippen molar-refractivity contribution in [1.82, 2.24) is 14.5 Å². The minimum absolute atomic E-state index is 0.197. The Kier molecular flexibility index (Phi) is 4.30. The molecule has 0 amide bonds. The van der Waals surface area contributed by atoms with Gasteiger partial charge in [-0.1, -0.05) is 12.2 Å². The van der Waals surface area contributed by atoms with Crippen molar-refractivity contribution < 1.29 is 8.42 Å². The fourth-order valence-electron chi connectivity index (χ4n) is 1.40. The Bertz CT molecular complexity index is 661. The van der Waals surface area contributed by atoms with E-state index in [1.54, 1.807) is 29.2 Å². The predicted octanol–water partition coefficient (Wildman–Crippen LogP) is 0.557. The van der Waals surface area contributed by atoms with Crippen LogP contribution in [0.3, 0.4) is 0 Å². The second-order valence-corrected chi connectivity index (χ2v) is 7.17. The van der Waals surface area contributed by atoms with Gasteiger partial charge in [0, 0.05) is 18.9 Å². The maximum Gasteiger partial charge on any atom is 0.250 e. The van der Waals surface area contributed by atoms with Gasteiger partial charge in [0.2, 0.25) is 10.0 Å². The molecule has 0 aromatic carbocycles. The summed E-state index contributed by atoms with van der Waals surface area (Å²) in [6, 6.07) is 4.88. The van der Waals surface area contributed by atoms with Gasteiger partial charge in [0.1, 0.15) is 9.20 Å². The Morgan fingerprint density at radius 2 is 2.32 bits per heavy atom. The first-order chi connectivity index (χ1) is 8.99. The Hall–Kier alpha value is -1.29. The molecule has 0 aliphatic carbocycles. The Labute approximate surface area is 120 Å². The second-order valence-electron chi connectivity index (χ2n) is 3.65. The molecular formula is C10H12N4O2S3. The van der Waals surface area contributed by atoms with Crippen LogP contribution in [0.15, 0.2) is 34.8 Å². The number of nitrogens with zero attached hydrogens (tertiary/aromatic N) is 2. The van der Waals surface area contributed by atoms with E-state index in [0.29, 0.717) is 11.4 Å². The molecule has 2 aromatic rings. The van der Waals surface area contributed by atoms with Crippen molar-refractivity contribution in [3.05, 3.63) is 35.5 Å². The van der Waals surface area contributed by atoms with Crippen LogP contribution in [0, 0.1) is 0 Å². The third-order valence-corrected chi connectivity index (χ3v) is 5.70. The first-order valence-electron chi connectivity index (χ1n) is 5.36. The van der Waals surface area contributed by atoms with Crippen molar-refractivity contribution in [2.75, 3.05) is 6.54 Å². The van der Waals surface area contributed by atoms with Crippen LogP contribution in [0.5, 0.6) is 0 Å². The number of nitrogens with two attached hydrogens (primary N) is 1. The maximum absolute atomic E-state index is 12.0. The van der Waals surface area contributed by atoms with Crippen molar-refractivity contribution in [2.45, 2.75) is 10.8 Å². The quantitative estimate of drug-likeness (QED) is 0.760. The first-order valence-corrected chi connectivity index (χ1v) is 8.06. The fraction of sp³-hybridized carbons (Fsp3) is 0.200. The molecule has 0 saturated carbocycles. The van der Waals surface area contributed by atoms with Crippen LogP contribution in [0.1, 0.15) is 4.88 Å². The third kappa shape index (κ3) is 3.60. The number of nitrogens with one attached hydrogen (secondary N) is 1. The molecule has 6 nitrogen and oxygen atoms in total. The molecule has 19 heavy (non-hydrogen) atoms. The fourth-order valence-corrected chi connectivity index (χ4v) is 3.81. The largest absolute Gasteiger partial charge is 0.389 e. The lowest BCUT2D eigenvalue weighted by atomic mass is 10.5. The lowest BCUT2D eigenvalue weighted by molar-refractivity contribution is 0.562. The minimum Gasteiger partial charge on any atom is -0.389 e. The van der Waals surface area contributed by atoms with Crippen molar-refractivity contribution in [3.8, 4) is 0 Å². The summed E-state index contributed by atoms with van der Waals surface area (Å²) in [7, 11) is -3.51. The molecule has 0 aliphatic heterocycles. The average Bonchev–Trinajstić information content (AvgIpc) is 2.99. The van der Waals surface area contributed by atoms with E-state index >= 15 is 0 Å². The number of hydrogen-bond donors (Lipinski definition) is 2. The zero-order valence-electron chi connectivity index (χ0n) is 9.81.